The van der Waals surface area contributed by atoms with Gasteiger partial charge in [0, 0.05) is 36.4 Å². The number of hydrogen-bond acceptors (Lipinski definition) is 4. The van der Waals surface area contributed by atoms with Gasteiger partial charge in [-0.2, -0.15) is 0 Å². The van der Waals surface area contributed by atoms with E-state index in [0.29, 0.717) is 6.04 Å². The molecule has 1 saturated heterocycles. The second kappa shape index (κ2) is 6.46. The fraction of sp³-hybridized carbons (Fsp3) is 0.625. The van der Waals surface area contributed by atoms with Crippen molar-refractivity contribution >= 4 is 5.69 Å². The molecule has 1 aliphatic heterocycles. The Kier molecular flexibility index (Phi) is 4.89. The zero-order chi connectivity index (χ0) is 14.7. The van der Waals surface area contributed by atoms with Gasteiger partial charge in [-0.1, -0.05) is 6.07 Å². The maximum Gasteiger partial charge on any atom is 0.125 e. The summed E-state index contributed by atoms with van der Waals surface area (Å²) < 4.78 is 5.50. The minimum absolute atomic E-state index is 0.0270. The molecule has 112 valence electrons. The van der Waals surface area contributed by atoms with E-state index in [1.54, 1.807) is 7.11 Å². The third-order valence-electron chi connectivity index (χ3n) is 4.19. The first-order valence-corrected chi connectivity index (χ1v) is 7.38. The van der Waals surface area contributed by atoms with Crippen LogP contribution < -0.4 is 15.4 Å². The van der Waals surface area contributed by atoms with Crippen LogP contribution in [0.2, 0.25) is 0 Å². The van der Waals surface area contributed by atoms with Crippen LogP contribution in [-0.4, -0.2) is 45.2 Å². The number of anilines is 1. The van der Waals surface area contributed by atoms with Crippen molar-refractivity contribution in [3.8, 4) is 5.75 Å². The van der Waals surface area contributed by atoms with Gasteiger partial charge in [0.05, 0.1) is 7.11 Å². The molecule has 0 aromatic heterocycles. The lowest BCUT2D eigenvalue weighted by atomic mass is 10.00. The molecule has 0 spiro atoms. The molecule has 0 amide bonds. The molecule has 2 rings (SSSR count). The Morgan fingerprint density at radius 2 is 2.15 bits per heavy atom. The molecule has 2 atom stereocenters. The average Bonchev–Trinajstić information content (AvgIpc) is 2.46. The molecule has 0 aliphatic carbocycles. The number of nitrogens with two attached hydrogens (primary N) is 1. The van der Waals surface area contributed by atoms with Crippen molar-refractivity contribution in [1.82, 2.24) is 4.90 Å². The number of rotatable bonds is 4. The van der Waals surface area contributed by atoms with Crippen molar-refractivity contribution in [3.63, 3.8) is 0 Å². The average molecular weight is 277 g/mol. The van der Waals surface area contributed by atoms with Crippen molar-refractivity contribution in [2.45, 2.75) is 31.8 Å². The van der Waals surface area contributed by atoms with Gasteiger partial charge in [0.1, 0.15) is 5.75 Å². The summed E-state index contributed by atoms with van der Waals surface area (Å²) in [6, 6.07) is 6.80. The monoisotopic (exact) mass is 277 g/mol. The Morgan fingerprint density at radius 3 is 2.75 bits per heavy atom. The van der Waals surface area contributed by atoms with E-state index >= 15 is 0 Å². The summed E-state index contributed by atoms with van der Waals surface area (Å²) in [4.78, 5) is 4.77. The lowest BCUT2D eigenvalue weighted by Gasteiger charge is -2.39. The van der Waals surface area contributed by atoms with Gasteiger partial charge in [-0.25, -0.2) is 0 Å². The molecule has 0 radical (unpaired) electrons. The van der Waals surface area contributed by atoms with Gasteiger partial charge in [-0.3, -0.25) is 0 Å². The van der Waals surface area contributed by atoms with Crippen LogP contribution in [0.1, 0.15) is 31.4 Å². The molecular weight excluding hydrogens is 250 g/mol. The van der Waals surface area contributed by atoms with E-state index < -0.39 is 0 Å². The molecule has 1 fully saturated rings. The summed E-state index contributed by atoms with van der Waals surface area (Å²) >= 11 is 0. The Bertz CT molecular complexity index is 445. The summed E-state index contributed by atoms with van der Waals surface area (Å²) in [6.45, 7) is 4.17. The van der Waals surface area contributed by atoms with Gasteiger partial charge in [-0.05, 0) is 46.0 Å². The zero-order valence-electron chi connectivity index (χ0n) is 13.1. The van der Waals surface area contributed by atoms with Crippen molar-refractivity contribution in [3.05, 3.63) is 23.8 Å². The van der Waals surface area contributed by atoms with E-state index in [1.165, 1.54) is 18.5 Å². The van der Waals surface area contributed by atoms with Crippen molar-refractivity contribution in [1.29, 1.82) is 0 Å². The van der Waals surface area contributed by atoms with E-state index in [-0.39, 0.29) is 6.04 Å². The van der Waals surface area contributed by atoms with Gasteiger partial charge >= 0.3 is 0 Å². The molecule has 1 aromatic carbocycles. The highest BCUT2D eigenvalue weighted by molar-refractivity contribution is 5.61. The Hall–Kier alpha value is -1.26. The maximum absolute atomic E-state index is 6.17. The highest BCUT2D eigenvalue weighted by Crippen LogP contribution is 2.35. The lowest BCUT2D eigenvalue weighted by molar-refractivity contribution is 0.257. The molecular formula is C16H27N3O. The van der Waals surface area contributed by atoms with E-state index in [9.17, 15) is 0 Å². The summed E-state index contributed by atoms with van der Waals surface area (Å²) in [5.41, 5.74) is 8.52. The minimum atomic E-state index is -0.0270. The minimum Gasteiger partial charge on any atom is -0.496 e. The van der Waals surface area contributed by atoms with Crippen LogP contribution in [0.25, 0.3) is 0 Å². The van der Waals surface area contributed by atoms with Crippen molar-refractivity contribution < 1.29 is 4.74 Å². The van der Waals surface area contributed by atoms with Gasteiger partial charge in [-0.15, -0.1) is 0 Å². The van der Waals surface area contributed by atoms with Crippen LogP contribution in [0.15, 0.2) is 18.2 Å². The fourth-order valence-electron chi connectivity index (χ4n) is 3.04. The largest absolute Gasteiger partial charge is 0.496 e. The SMILES string of the molecule is COc1cccc(N2CCCC(N(C)C)C2)c1C(C)N. The van der Waals surface area contributed by atoms with Crippen molar-refractivity contribution in [2.75, 3.05) is 39.2 Å². The molecule has 1 aliphatic rings. The second-order valence-electron chi connectivity index (χ2n) is 5.89. The van der Waals surface area contributed by atoms with E-state index in [1.807, 2.05) is 13.0 Å². The van der Waals surface area contributed by atoms with Crippen LogP contribution in [-0.2, 0) is 0 Å². The van der Waals surface area contributed by atoms with Crippen LogP contribution in [0.3, 0.4) is 0 Å². The normalized spacial score (nSPS) is 21.1. The van der Waals surface area contributed by atoms with E-state index in [2.05, 4.69) is 36.0 Å². The molecule has 1 aromatic rings. The predicted octanol–water partition coefficient (Wildman–Crippen LogP) is 2.25. The topological polar surface area (TPSA) is 41.7 Å². The molecule has 1 heterocycles. The number of hydrogen-bond donors (Lipinski definition) is 1. The quantitative estimate of drug-likeness (QED) is 0.916. The Labute approximate surface area is 122 Å². The summed E-state index contributed by atoms with van der Waals surface area (Å²) in [5.74, 6) is 0.893. The number of piperidine rings is 1. The first-order chi connectivity index (χ1) is 9.54. The number of methoxy groups -OCH3 is 1. The first-order valence-electron chi connectivity index (χ1n) is 7.38. The highest BCUT2D eigenvalue weighted by atomic mass is 16.5. The first kappa shape index (κ1) is 15.1. The smallest absolute Gasteiger partial charge is 0.125 e. The van der Waals surface area contributed by atoms with E-state index in [4.69, 9.17) is 10.5 Å². The summed E-state index contributed by atoms with van der Waals surface area (Å²) in [6.07, 6.45) is 2.49. The molecule has 0 saturated carbocycles. The van der Waals surface area contributed by atoms with Crippen LogP contribution in [0.4, 0.5) is 5.69 Å². The van der Waals surface area contributed by atoms with Crippen LogP contribution in [0.5, 0.6) is 5.75 Å². The molecule has 2 unspecified atom stereocenters. The number of likely N-dealkylation sites (N-methyl/N-ethyl adjacent to an activating group) is 1. The number of ether oxygens (including phenoxy) is 1. The lowest BCUT2D eigenvalue weighted by Crippen LogP contribution is -2.45. The van der Waals surface area contributed by atoms with Gasteiger partial charge in [0.2, 0.25) is 0 Å². The standard InChI is InChI=1S/C16H27N3O/c1-12(17)16-14(8-5-9-15(16)20-4)19-10-6-7-13(11-19)18(2)3/h5,8-9,12-13H,6-7,10-11,17H2,1-4H3. The third-order valence-corrected chi connectivity index (χ3v) is 4.19. The molecule has 4 nitrogen and oxygen atoms in total. The number of benzene rings is 1. The maximum atomic E-state index is 6.17. The highest BCUT2D eigenvalue weighted by Gasteiger charge is 2.25. The second-order valence-corrected chi connectivity index (χ2v) is 5.89. The Balaban J connectivity index is 2.32. The van der Waals surface area contributed by atoms with Crippen molar-refractivity contribution in [2.24, 2.45) is 5.73 Å². The number of nitrogens with zero attached hydrogens (tertiary/aromatic N) is 2. The van der Waals surface area contributed by atoms with Gasteiger partial charge in [0.25, 0.3) is 0 Å². The Morgan fingerprint density at radius 1 is 1.40 bits per heavy atom. The van der Waals surface area contributed by atoms with Crippen LogP contribution >= 0.6 is 0 Å². The molecule has 4 heteroatoms. The molecule has 0 bridgehead atoms. The molecule has 2 N–H and O–H groups in total. The third kappa shape index (κ3) is 3.07. The predicted molar refractivity (Wildman–Crippen MR) is 84.5 cm³/mol. The van der Waals surface area contributed by atoms with Gasteiger partial charge < -0.3 is 20.3 Å². The summed E-state index contributed by atoms with van der Waals surface area (Å²) in [7, 11) is 6.03. The fourth-order valence-corrected chi connectivity index (χ4v) is 3.04. The van der Waals surface area contributed by atoms with Gasteiger partial charge in [0.15, 0.2) is 0 Å². The van der Waals surface area contributed by atoms with E-state index in [0.717, 1.165) is 24.4 Å². The zero-order valence-corrected chi connectivity index (χ0v) is 13.1. The molecule has 20 heavy (non-hydrogen) atoms. The van der Waals surface area contributed by atoms with Crippen LogP contribution in [0, 0.1) is 0 Å². The summed E-state index contributed by atoms with van der Waals surface area (Å²) in [5, 5.41) is 0.